The third-order valence-corrected chi connectivity index (χ3v) is 3.98. The number of ether oxygens (including phenoxy) is 1. The van der Waals surface area contributed by atoms with Gasteiger partial charge in [-0.3, -0.25) is 0 Å². The lowest BCUT2D eigenvalue weighted by Gasteiger charge is -2.15. The van der Waals surface area contributed by atoms with Crippen LogP contribution in [0.2, 0.25) is 0 Å². The highest BCUT2D eigenvalue weighted by Gasteiger charge is 2.15. The molecule has 1 unspecified atom stereocenters. The maximum absolute atomic E-state index is 5.68. The van der Waals surface area contributed by atoms with E-state index >= 15 is 0 Å². The number of benzene rings is 2. The molecule has 0 saturated carbocycles. The van der Waals surface area contributed by atoms with Crippen LogP contribution in [0.3, 0.4) is 0 Å². The minimum absolute atomic E-state index is 0.171. The van der Waals surface area contributed by atoms with E-state index in [1.807, 2.05) is 25.1 Å². The molecule has 2 aromatic carbocycles. The predicted molar refractivity (Wildman–Crippen MR) is 88.5 cm³/mol. The van der Waals surface area contributed by atoms with Gasteiger partial charge in [0, 0.05) is 0 Å². The van der Waals surface area contributed by atoms with Crippen molar-refractivity contribution >= 4 is 23.3 Å². The van der Waals surface area contributed by atoms with Crippen LogP contribution in [0, 0.1) is 4.77 Å². The molecule has 1 atom stereocenters. The van der Waals surface area contributed by atoms with E-state index in [0.29, 0.717) is 11.4 Å². The summed E-state index contributed by atoms with van der Waals surface area (Å²) in [5.41, 5.74) is 3.27. The minimum atomic E-state index is 0.171. The van der Waals surface area contributed by atoms with Gasteiger partial charge in [0.05, 0.1) is 18.2 Å². The number of aromatic amines is 1. The Balaban J connectivity index is 2.17. The molecule has 108 valence electrons. The summed E-state index contributed by atoms with van der Waals surface area (Å²) in [5.74, 6) is 0.847. The highest BCUT2D eigenvalue weighted by Crippen LogP contribution is 2.29. The molecule has 1 N–H and O–H groups in total. The highest BCUT2D eigenvalue weighted by atomic mass is 32.1. The number of nitrogens with zero attached hydrogens (tertiary/aromatic N) is 1. The Kier molecular flexibility index (Phi) is 3.80. The second-order valence-electron chi connectivity index (χ2n) is 4.97. The molecule has 0 bridgehead atoms. The zero-order chi connectivity index (χ0) is 14.8. The van der Waals surface area contributed by atoms with Gasteiger partial charge < -0.3 is 14.3 Å². The molecule has 0 aliphatic rings. The first kappa shape index (κ1) is 13.9. The van der Waals surface area contributed by atoms with E-state index in [0.717, 1.165) is 16.8 Å². The van der Waals surface area contributed by atoms with Crippen molar-refractivity contribution in [1.82, 2.24) is 9.55 Å². The van der Waals surface area contributed by atoms with Gasteiger partial charge in [-0.15, -0.1) is 0 Å². The van der Waals surface area contributed by atoms with Gasteiger partial charge in [-0.1, -0.05) is 36.4 Å². The molecular weight excluding hydrogens is 280 g/mol. The zero-order valence-electron chi connectivity index (χ0n) is 12.2. The monoisotopic (exact) mass is 298 g/mol. The third-order valence-electron chi connectivity index (χ3n) is 3.68. The molecule has 3 rings (SSSR count). The molecule has 3 nitrogen and oxygen atoms in total. The van der Waals surface area contributed by atoms with Gasteiger partial charge in [0.15, 0.2) is 4.77 Å². The summed E-state index contributed by atoms with van der Waals surface area (Å²) in [4.78, 5) is 3.28. The van der Waals surface area contributed by atoms with Crippen molar-refractivity contribution in [2.75, 3.05) is 6.61 Å². The van der Waals surface area contributed by atoms with Crippen molar-refractivity contribution < 1.29 is 4.74 Å². The van der Waals surface area contributed by atoms with Crippen LogP contribution in [0.1, 0.15) is 25.5 Å². The van der Waals surface area contributed by atoms with Crippen LogP contribution in [-0.2, 0) is 0 Å². The summed E-state index contributed by atoms with van der Waals surface area (Å²) in [6.07, 6.45) is 0. The van der Waals surface area contributed by atoms with Gasteiger partial charge in [-0.25, -0.2) is 0 Å². The van der Waals surface area contributed by atoms with Crippen LogP contribution in [0.25, 0.3) is 11.0 Å². The Morgan fingerprint density at radius 1 is 1.14 bits per heavy atom. The number of hydrogen-bond donors (Lipinski definition) is 1. The van der Waals surface area contributed by atoms with E-state index in [-0.39, 0.29) is 6.04 Å². The average molecular weight is 298 g/mol. The van der Waals surface area contributed by atoms with E-state index in [4.69, 9.17) is 17.0 Å². The Hall–Kier alpha value is -2.07. The third kappa shape index (κ3) is 2.47. The van der Waals surface area contributed by atoms with Crippen molar-refractivity contribution in [3.63, 3.8) is 0 Å². The first-order valence-corrected chi connectivity index (χ1v) is 7.54. The number of rotatable bonds is 4. The van der Waals surface area contributed by atoms with Gasteiger partial charge in [0.25, 0.3) is 0 Å². The van der Waals surface area contributed by atoms with E-state index in [2.05, 4.69) is 46.8 Å². The van der Waals surface area contributed by atoms with Crippen LogP contribution < -0.4 is 4.74 Å². The standard InChI is InChI=1S/C17H18N2OS/c1-3-20-15-11-7-10-14-16(15)18-17(21)19(14)12(2)13-8-5-4-6-9-13/h4-12H,3H2,1-2H3,(H,18,21). The molecule has 0 aliphatic carbocycles. The molecule has 0 spiro atoms. The van der Waals surface area contributed by atoms with Gasteiger partial charge >= 0.3 is 0 Å². The molecule has 0 radical (unpaired) electrons. The largest absolute Gasteiger partial charge is 0.492 e. The predicted octanol–water partition coefficient (Wildman–Crippen LogP) is 4.71. The first-order valence-electron chi connectivity index (χ1n) is 7.13. The molecule has 1 heterocycles. The molecule has 0 fully saturated rings. The van der Waals surface area contributed by atoms with Gasteiger partial charge in [-0.2, -0.15) is 0 Å². The number of hydrogen-bond acceptors (Lipinski definition) is 2. The number of nitrogens with one attached hydrogen (secondary N) is 1. The summed E-state index contributed by atoms with van der Waals surface area (Å²) in [6, 6.07) is 16.6. The van der Waals surface area contributed by atoms with E-state index in [1.165, 1.54) is 5.56 Å². The lowest BCUT2D eigenvalue weighted by Crippen LogP contribution is -2.06. The molecular formula is C17H18N2OS. The highest BCUT2D eigenvalue weighted by molar-refractivity contribution is 7.71. The average Bonchev–Trinajstić information content (AvgIpc) is 2.85. The molecule has 0 aliphatic heterocycles. The molecule has 0 amide bonds. The van der Waals surface area contributed by atoms with Gasteiger partial charge in [0.2, 0.25) is 0 Å². The molecule has 0 saturated heterocycles. The summed E-state index contributed by atoms with van der Waals surface area (Å²) >= 11 is 5.52. The fourth-order valence-electron chi connectivity index (χ4n) is 2.66. The maximum Gasteiger partial charge on any atom is 0.178 e. The summed E-state index contributed by atoms with van der Waals surface area (Å²) in [7, 11) is 0. The Morgan fingerprint density at radius 2 is 1.90 bits per heavy atom. The van der Waals surface area contributed by atoms with Crippen molar-refractivity contribution in [3.8, 4) is 5.75 Å². The van der Waals surface area contributed by atoms with Crippen LogP contribution in [0.15, 0.2) is 48.5 Å². The Labute approximate surface area is 129 Å². The smallest absolute Gasteiger partial charge is 0.178 e. The number of para-hydroxylation sites is 1. The Bertz CT molecular complexity index is 805. The quantitative estimate of drug-likeness (QED) is 0.707. The Morgan fingerprint density at radius 3 is 2.62 bits per heavy atom. The van der Waals surface area contributed by atoms with Crippen molar-refractivity contribution in [2.24, 2.45) is 0 Å². The van der Waals surface area contributed by atoms with E-state index < -0.39 is 0 Å². The SMILES string of the molecule is CCOc1cccc2c1[nH]c(=S)n2C(C)c1ccccc1. The van der Waals surface area contributed by atoms with Crippen molar-refractivity contribution in [3.05, 3.63) is 58.9 Å². The number of H-pyrrole nitrogens is 1. The lowest BCUT2D eigenvalue weighted by atomic mass is 10.1. The number of fused-ring (bicyclic) bond motifs is 1. The molecule has 21 heavy (non-hydrogen) atoms. The van der Waals surface area contributed by atoms with Gasteiger partial charge in [0.1, 0.15) is 11.3 Å². The number of imidazole rings is 1. The van der Waals surface area contributed by atoms with Gasteiger partial charge in [-0.05, 0) is 43.8 Å². The maximum atomic E-state index is 5.68. The van der Waals surface area contributed by atoms with E-state index in [1.54, 1.807) is 0 Å². The minimum Gasteiger partial charge on any atom is -0.492 e. The van der Waals surface area contributed by atoms with Crippen LogP contribution >= 0.6 is 12.2 Å². The molecule has 3 aromatic rings. The molecule has 1 aromatic heterocycles. The second kappa shape index (κ2) is 5.74. The first-order chi connectivity index (χ1) is 10.2. The van der Waals surface area contributed by atoms with Crippen LogP contribution in [0.5, 0.6) is 5.75 Å². The van der Waals surface area contributed by atoms with Crippen molar-refractivity contribution in [2.45, 2.75) is 19.9 Å². The fourth-order valence-corrected chi connectivity index (χ4v) is 3.02. The second-order valence-corrected chi connectivity index (χ2v) is 5.36. The summed E-state index contributed by atoms with van der Waals surface area (Å²) < 4.78 is 8.54. The summed E-state index contributed by atoms with van der Waals surface area (Å²) in [5, 5.41) is 0. The lowest BCUT2D eigenvalue weighted by molar-refractivity contribution is 0.343. The zero-order valence-corrected chi connectivity index (χ0v) is 13.0. The summed E-state index contributed by atoms with van der Waals surface area (Å²) in [6.45, 7) is 4.78. The van der Waals surface area contributed by atoms with Crippen LogP contribution in [-0.4, -0.2) is 16.2 Å². The molecule has 4 heteroatoms. The van der Waals surface area contributed by atoms with E-state index in [9.17, 15) is 0 Å². The fraction of sp³-hybridized carbons (Fsp3) is 0.235. The number of aromatic nitrogens is 2. The normalized spacial score (nSPS) is 12.5. The topological polar surface area (TPSA) is 29.9 Å². The van der Waals surface area contributed by atoms with Crippen LogP contribution in [0.4, 0.5) is 0 Å². The van der Waals surface area contributed by atoms with Crippen molar-refractivity contribution in [1.29, 1.82) is 0 Å².